The summed E-state index contributed by atoms with van der Waals surface area (Å²) in [6.45, 7) is 3.31. The highest BCUT2D eigenvalue weighted by atomic mass is 19.1. The Hall–Kier alpha value is -3.26. The number of nitrogens with one attached hydrogen (secondary N) is 1. The van der Waals surface area contributed by atoms with Crippen LogP contribution in [0, 0.1) is 17.7 Å². The number of rotatable bonds is 5. The van der Waals surface area contributed by atoms with E-state index in [9.17, 15) is 9.18 Å². The van der Waals surface area contributed by atoms with E-state index in [4.69, 9.17) is 4.74 Å². The summed E-state index contributed by atoms with van der Waals surface area (Å²) in [5.74, 6) is 2.35. The Labute approximate surface area is 179 Å². The van der Waals surface area contributed by atoms with Gasteiger partial charge in [-0.05, 0) is 53.8 Å². The summed E-state index contributed by atoms with van der Waals surface area (Å²) in [5.41, 5.74) is 1.66. The number of hydrogen-bond acceptors (Lipinski definition) is 5. The second-order valence-electron chi connectivity index (χ2n) is 8.28. The molecule has 2 atom stereocenters. The van der Waals surface area contributed by atoms with Crippen LogP contribution in [0.5, 0.6) is 5.75 Å². The number of nitrogens with zero attached hydrogens (tertiary/aromatic N) is 4. The number of anilines is 1. The molecule has 160 valence electrons. The largest absolute Gasteiger partial charge is 0.497 e. The first kappa shape index (κ1) is 19.7. The Morgan fingerprint density at radius 3 is 2.71 bits per heavy atom. The maximum atomic E-state index is 13.5. The Morgan fingerprint density at radius 1 is 1.13 bits per heavy atom. The first-order valence-corrected chi connectivity index (χ1v) is 10.4. The van der Waals surface area contributed by atoms with Crippen LogP contribution in [0.3, 0.4) is 0 Å². The summed E-state index contributed by atoms with van der Waals surface area (Å²) < 4.78 is 20.6. The molecule has 0 saturated carbocycles. The van der Waals surface area contributed by atoms with Crippen molar-refractivity contribution in [1.82, 2.24) is 19.7 Å². The zero-order chi connectivity index (χ0) is 21.4. The SMILES string of the molecule is COc1ccc(NC(=O)c2nnc3n2C[C@H]2CN(Cc4cccc(F)c4)C[C@@H]2C3)cc1. The van der Waals surface area contributed by atoms with Crippen molar-refractivity contribution in [2.24, 2.45) is 11.8 Å². The van der Waals surface area contributed by atoms with Gasteiger partial charge in [-0.25, -0.2) is 4.39 Å². The zero-order valence-corrected chi connectivity index (χ0v) is 17.3. The molecule has 7 nitrogen and oxygen atoms in total. The van der Waals surface area contributed by atoms with Gasteiger partial charge >= 0.3 is 0 Å². The molecule has 1 saturated heterocycles. The quantitative estimate of drug-likeness (QED) is 0.686. The smallest absolute Gasteiger partial charge is 0.293 e. The fourth-order valence-corrected chi connectivity index (χ4v) is 4.67. The second-order valence-corrected chi connectivity index (χ2v) is 8.28. The number of likely N-dealkylation sites (tertiary alicyclic amines) is 1. The molecular weight excluding hydrogens is 397 g/mol. The minimum absolute atomic E-state index is 0.201. The molecule has 1 amide bonds. The number of benzene rings is 2. The first-order valence-electron chi connectivity index (χ1n) is 10.4. The molecule has 1 aromatic heterocycles. The highest BCUT2D eigenvalue weighted by Gasteiger charge is 2.39. The van der Waals surface area contributed by atoms with Gasteiger partial charge in [0, 0.05) is 38.3 Å². The van der Waals surface area contributed by atoms with Crippen LogP contribution in [0.4, 0.5) is 10.1 Å². The summed E-state index contributed by atoms with van der Waals surface area (Å²) in [5, 5.41) is 11.4. The number of ether oxygens (including phenoxy) is 1. The van der Waals surface area contributed by atoms with E-state index < -0.39 is 0 Å². The summed E-state index contributed by atoms with van der Waals surface area (Å²) >= 11 is 0. The fraction of sp³-hybridized carbons (Fsp3) is 0.348. The Kier molecular flexibility index (Phi) is 5.15. The molecule has 5 rings (SSSR count). The molecule has 2 aliphatic heterocycles. The molecular formula is C23H24FN5O2. The number of halogens is 1. The van der Waals surface area contributed by atoms with Gasteiger partial charge in [0.1, 0.15) is 17.4 Å². The molecule has 1 N–H and O–H groups in total. The lowest BCUT2D eigenvalue weighted by Crippen LogP contribution is -2.31. The van der Waals surface area contributed by atoms with Gasteiger partial charge < -0.3 is 14.6 Å². The molecule has 0 spiro atoms. The topological polar surface area (TPSA) is 72.3 Å². The van der Waals surface area contributed by atoms with Crippen LogP contribution in [0.15, 0.2) is 48.5 Å². The van der Waals surface area contributed by atoms with Gasteiger partial charge in [0.15, 0.2) is 0 Å². The summed E-state index contributed by atoms with van der Waals surface area (Å²) in [7, 11) is 1.60. The first-order chi connectivity index (χ1) is 15.1. The van der Waals surface area contributed by atoms with Crippen molar-refractivity contribution in [2.75, 3.05) is 25.5 Å². The van der Waals surface area contributed by atoms with Crippen LogP contribution in [-0.2, 0) is 19.5 Å². The lowest BCUT2D eigenvalue weighted by atomic mass is 9.89. The van der Waals surface area contributed by atoms with Crippen molar-refractivity contribution < 1.29 is 13.9 Å². The fourth-order valence-electron chi connectivity index (χ4n) is 4.67. The average molecular weight is 421 g/mol. The van der Waals surface area contributed by atoms with Crippen molar-refractivity contribution in [3.05, 3.63) is 71.6 Å². The summed E-state index contributed by atoms with van der Waals surface area (Å²) in [6.07, 6.45) is 0.799. The van der Waals surface area contributed by atoms with Crippen LogP contribution in [0.2, 0.25) is 0 Å². The Morgan fingerprint density at radius 2 is 1.94 bits per heavy atom. The number of hydrogen-bond donors (Lipinski definition) is 1. The van der Waals surface area contributed by atoms with E-state index in [2.05, 4.69) is 20.4 Å². The van der Waals surface area contributed by atoms with Crippen LogP contribution in [0.25, 0.3) is 0 Å². The van der Waals surface area contributed by atoms with Gasteiger partial charge in [-0.1, -0.05) is 12.1 Å². The van der Waals surface area contributed by atoms with Crippen molar-refractivity contribution >= 4 is 11.6 Å². The highest BCUT2D eigenvalue weighted by molar-refractivity contribution is 6.01. The molecule has 0 unspecified atom stereocenters. The Bertz CT molecular complexity index is 1100. The third kappa shape index (κ3) is 4.03. The van der Waals surface area contributed by atoms with E-state index in [-0.39, 0.29) is 11.7 Å². The lowest BCUT2D eigenvalue weighted by molar-refractivity contribution is 0.100. The average Bonchev–Trinajstić information content (AvgIpc) is 3.35. The number of methoxy groups -OCH3 is 1. The van der Waals surface area contributed by atoms with E-state index in [0.29, 0.717) is 23.3 Å². The third-order valence-electron chi connectivity index (χ3n) is 6.19. The van der Waals surface area contributed by atoms with E-state index in [1.165, 1.54) is 6.07 Å². The standard InChI is InChI=1S/C23H24FN5O2/c1-31-20-7-5-19(6-8-20)25-23(30)22-27-26-21-10-16-12-28(13-17(16)14-29(21)22)11-15-3-2-4-18(24)9-15/h2-9,16-17H,10-14H2,1H3,(H,25,30)/t16-,17+/m0/s1. The minimum Gasteiger partial charge on any atom is -0.497 e. The molecule has 31 heavy (non-hydrogen) atoms. The second kappa shape index (κ2) is 8.11. The molecule has 2 aliphatic rings. The van der Waals surface area contributed by atoms with Crippen LogP contribution in [-0.4, -0.2) is 45.8 Å². The summed E-state index contributed by atoms with van der Waals surface area (Å²) in [6, 6.07) is 14.0. The van der Waals surface area contributed by atoms with Crippen molar-refractivity contribution in [3.63, 3.8) is 0 Å². The van der Waals surface area contributed by atoms with E-state index in [1.54, 1.807) is 43.5 Å². The normalized spacial score (nSPS) is 20.2. The van der Waals surface area contributed by atoms with Gasteiger partial charge in [-0.15, -0.1) is 10.2 Å². The van der Waals surface area contributed by atoms with Gasteiger partial charge in [-0.3, -0.25) is 9.69 Å². The minimum atomic E-state index is -0.267. The number of carbonyl (C=O) groups is 1. The van der Waals surface area contributed by atoms with Gasteiger partial charge in [0.2, 0.25) is 5.82 Å². The van der Waals surface area contributed by atoms with Gasteiger partial charge in [0.25, 0.3) is 5.91 Å². The third-order valence-corrected chi connectivity index (χ3v) is 6.19. The lowest BCUT2D eigenvalue weighted by Gasteiger charge is -2.25. The monoisotopic (exact) mass is 421 g/mol. The number of fused-ring (bicyclic) bond motifs is 2. The highest BCUT2D eigenvalue weighted by Crippen LogP contribution is 2.33. The maximum Gasteiger partial charge on any atom is 0.293 e. The number of carbonyl (C=O) groups excluding carboxylic acids is 1. The molecule has 2 aromatic carbocycles. The van der Waals surface area contributed by atoms with E-state index in [1.807, 2.05) is 10.6 Å². The molecule has 0 aliphatic carbocycles. The molecule has 1 fully saturated rings. The maximum absolute atomic E-state index is 13.5. The van der Waals surface area contributed by atoms with Gasteiger partial charge in [-0.2, -0.15) is 0 Å². The van der Waals surface area contributed by atoms with Crippen molar-refractivity contribution in [2.45, 2.75) is 19.5 Å². The van der Waals surface area contributed by atoms with E-state index in [0.717, 1.165) is 49.7 Å². The van der Waals surface area contributed by atoms with E-state index >= 15 is 0 Å². The zero-order valence-electron chi connectivity index (χ0n) is 17.3. The summed E-state index contributed by atoms with van der Waals surface area (Å²) in [4.78, 5) is 15.2. The molecule has 3 aromatic rings. The molecule has 8 heteroatoms. The Balaban J connectivity index is 1.26. The molecule has 0 bridgehead atoms. The van der Waals surface area contributed by atoms with Crippen molar-refractivity contribution in [1.29, 1.82) is 0 Å². The van der Waals surface area contributed by atoms with Gasteiger partial charge in [0.05, 0.1) is 7.11 Å². The van der Waals surface area contributed by atoms with Crippen LogP contribution in [0.1, 0.15) is 22.0 Å². The molecule has 0 radical (unpaired) electrons. The van der Waals surface area contributed by atoms with Crippen LogP contribution < -0.4 is 10.1 Å². The predicted octanol–water partition coefficient (Wildman–Crippen LogP) is 2.98. The number of aromatic nitrogens is 3. The number of amides is 1. The van der Waals surface area contributed by atoms with Crippen molar-refractivity contribution in [3.8, 4) is 5.75 Å². The van der Waals surface area contributed by atoms with Crippen LogP contribution >= 0.6 is 0 Å². The predicted molar refractivity (Wildman–Crippen MR) is 113 cm³/mol. The molecule has 3 heterocycles.